The zero-order valence-corrected chi connectivity index (χ0v) is 14.8. The van der Waals surface area contributed by atoms with Crippen LogP contribution in [0.2, 0.25) is 0 Å². The molecule has 0 aromatic rings. The van der Waals surface area contributed by atoms with Crippen molar-refractivity contribution in [2.75, 3.05) is 0 Å². The SMILES string of the molecule is C=C[C@@]1(C)CC[C@@H]2[C@@]3(C)CCCC(C)(C)[C@@H]3CC[C@@]2(C)O1. The van der Waals surface area contributed by atoms with Crippen LogP contribution < -0.4 is 0 Å². The van der Waals surface area contributed by atoms with Crippen LogP contribution >= 0.6 is 0 Å². The van der Waals surface area contributed by atoms with E-state index in [9.17, 15) is 0 Å². The van der Waals surface area contributed by atoms with Crippen molar-refractivity contribution in [3.8, 4) is 0 Å². The third-order valence-electron chi connectivity index (χ3n) is 7.57. The highest BCUT2D eigenvalue weighted by Gasteiger charge is 2.61. The lowest BCUT2D eigenvalue weighted by Gasteiger charge is -2.65. The summed E-state index contributed by atoms with van der Waals surface area (Å²) in [6.45, 7) is 16.2. The van der Waals surface area contributed by atoms with Crippen LogP contribution in [0.1, 0.15) is 79.6 Å². The van der Waals surface area contributed by atoms with Gasteiger partial charge >= 0.3 is 0 Å². The average molecular weight is 290 g/mol. The van der Waals surface area contributed by atoms with E-state index in [1.165, 1.54) is 38.5 Å². The van der Waals surface area contributed by atoms with Crippen molar-refractivity contribution in [1.82, 2.24) is 0 Å². The Morgan fingerprint density at radius 3 is 2.24 bits per heavy atom. The van der Waals surface area contributed by atoms with E-state index in [1.807, 2.05) is 6.08 Å². The highest BCUT2D eigenvalue weighted by Crippen LogP contribution is 2.65. The molecule has 21 heavy (non-hydrogen) atoms. The van der Waals surface area contributed by atoms with Gasteiger partial charge in [-0.2, -0.15) is 0 Å². The summed E-state index contributed by atoms with van der Waals surface area (Å²) in [6, 6.07) is 0. The van der Waals surface area contributed by atoms with Crippen LogP contribution in [-0.2, 0) is 4.74 Å². The van der Waals surface area contributed by atoms with Crippen molar-refractivity contribution in [1.29, 1.82) is 0 Å². The number of ether oxygens (including phenoxy) is 1. The van der Waals surface area contributed by atoms with Crippen LogP contribution in [0, 0.1) is 22.7 Å². The van der Waals surface area contributed by atoms with Gasteiger partial charge in [0.15, 0.2) is 0 Å². The summed E-state index contributed by atoms with van der Waals surface area (Å²) in [6.07, 6.45) is 11.2. The van der Waals surface area contributed by atoms with Crippen molar-refractivity contribution in [3.63, 3.8) is 0 Å². The standard InChI is InChI=1S/C20H34O/c1-7-18(4)13-9-16-19(5)12-8-11-17(2,3)15(19)10-14-20(16,6)21-18/h7,15-16H,1,8-14H2,2-6H3/t15-,16+,18-,19-,20+/m0/s1. The van der Waals surface area contributed by atoms with Crippen molar-refractivity contribution < 1.29 is 4.74 Å². The van der Waals surface area contributed by atoms with E-state index in [2.05, 4.69) is 41.2 Å². The van der Waals surface area contributed by atoms with Crippen LogP contribution in [0.5, 0.6) is 0 Å². The molecule has 0 N–H and O–H groups in total. The van der Waals surface area contributed by atoms with E-state index in [-0.39, 0.29) is 11.2 Å². The summed E-state index contributed by atoms with van der Waals surface area (Å²) in [5.74, 6) is 1.59. The Hall–Kier alpha value is -0.300. The third kappa shape index (κ3) is 2.22. The van der Waals surface area contributed by atoms with Gasteiger partial charge in [0.1, 0.15) is 0 Å². The normalized spacial score (nSPS) is 52.6. The molecule has 0 radical (unpaired) electrons. The largest absolute Gasteiger partial charge is 0.365 e. The fraction of sp³-hybridized carbons (Fsp3) is 0.900. The van der Waals surface area contributed by atoms with Crippen LogP contribution in [0.3, 0.4) is 0 Å². The van der Waals surface area contributed by atoms with E-state index in [1.54, 1.807) is 0 Å². The number of hydrogen-bond donors (Lipinski definition) is 0. The number of rotatable bonds is 1. The minimum atomic E-state index is -0.112. The smallest absolute Gasteiger partial charge is 0.0839 e. The molecule has 0 amide bonds. The second-order valence-corrected chi connectivity index (χ2v) is 9.46. The van der Waals surface area contributed by atoms with E-state index >= 15 is 0 Å². The molecule has 1 saturated heterocycles. The quantitative estimate of drug-likeness (QED) is 0.559. The fourth-order valence-electron chi connectivity index (χ4n) is 6.52. The lowest BCUT2D eigenvalue weighted by molar-refractivity contribution is -0.252. The lowest BCUT2D eigenvalue weighted by Crippen LogP contribution is -2.62. The van der Waals surface area contributed by atoms with Gasteiger partial charge in [0.25, 0.3) is 0 Å². The first-order valence-electron chi connectivity index (χ1n) is 8.99. The summed E-state index contributed by atoms with van der Waals surface area (Å²) in [4.78, 5) is 0. The molecule has 0 aromatic heterocycles. The van der Waals surface area contributed by atoms with Gasteiger partial charge < -0.3 is 4.74 Å². The second-order valence-electron chi connectivity index (χ2n) is 9.46. The molecule has 2 saturated carbocycles. The second kappa shape index (κ2) is 4.60. The van der Waals surface area contributed by atoms with Crippen LogP contribution in [-0.4, -0.2) is 11.2 Å². The molecule has 1 nitrogen and oxygen atoms in total. The Kier molecular flexibility index (Phi) is 3.41. The van der Waals surface area contributed by atoms with Crippen LogP contribution in [0.4, 0.5) is 0 Å². The predicted octanol–water partition coefficient (Wildman–Crippen LogP) is 5.74. The van der Waals surface area contributed by atoms with Gasteiger partial charge in [0.05, 0.1) is 11.2 Å². The van der Waals surface area contributed by atoms with Crippen molar-refractivity contribution >= 4 is 0 Å². The number of hydrogen-bond acceptors (Lipinski definition) is 1. The third-order valence-corrected chi connectivity index (χ3v) is 7.57. The minimum absolute atomic E-state index is 0.0554. The molecule has 0 spiro atoms. The van der Waals surface area contributed by atoms with Crippen molar-refractivity contribution in [3.05, 3.63) is 12.7 Å². The van der Waals surface area contributed by atoms with Gasteiger partial charge in [-0.25, -0.2) is 0 Å². The highest BCUT2D eigenvalue weighted by molar-refractivity contribution is 5.12. The van der Waals surface area contributed by atoms with Gasteiger partial charge in [-0.3, -0.25) is 0 Å². The Bertz CT molecular complexity index is 439. The maximum atomic E-state index is 6.68. The molecule has 3 aliphatic rings. The molecule has 1 heterocycles. The van der Waals surface area contributed by atoms with Gasteiger partial charge in [-0.05, 0) is 75.0 Å². The van der Waals surface area contributed by atoms with Crippen LogP contribution in [0.25, 0.3) is 0 Å². The van der Waals surface area contributed by atoms with Gasteiger partial charge in [0, 0.05) is 0 Å². The summed E-state index contributed by atoms with van der Waals surface area (Å²) in [5, 5.41) is 0. The number of fused-ring (bicyclic) bond motifs is 3. The van der Waals surface area contributed by atoms with E-state index in [4.69, 9.17) is 4.74 Å². The van der Waals surface area contributed by atoms with Gasteiger partial charge in [-0.15, -0.1) is 6.58 Å². The van der Waals surface area contributed by atoms with Crippen molar-refractivity contribution in [2.24, 2.45) is 22.7 Å². The molecule has 1 aliphatic heterocycles. The Morgan fingerprint density at radius 2 is 1.57 bits per heavy atom. The average Bonchev–Trinajstić information content (AvgIpc) is 2.36. The maximum Gasteiger partial charge on any atom is 0.0839 e. The molecule has 0 aromatic carbocycles. The summed E-state index contributed by atoms with van der Waals surface area (Å²) >= 11 is 0. The zero-order chi connectivity index (χ0) is 15.5. The molecule has 5 atom stereocenters. The Labute approximate surface area is 131 Å². The first kappa shape index (κ1) is 15.6. The summed E-state index contributed by atoms with van der Waals surface area (Å²) in [7, 11) is 0. The molecular weight excluding hydrogens is 256 g/mol. The maximum absolute atomic E-state index is 6.68. The summed E-state index contributed by atoms with van der Waals surface area (Å²) < 4.78 is 6.68. The molecule has 0 unspecified atom stereocenters. The van der Waals surface area contributed by atoms with Gasteiger partial charge in [0.2, 0.25) is 0 Å². The van der Waals surface area contributed by atoms with Crippen LogP contribution in [0.15, 0.2) is 12.7 Å². The molecule has 3 rings (SSSR count). The zero-order valence-electron chi connectivity index (χ0n) is 14.8. The fourth-order valence-corrected chi connectivity index (χ4v) is 6.52. The minimum Gasteiger partial charge on any atom is -0.365 e. The molecule has 3 fully saturated rings. The first-order valence-corrected chi connectivity index (χ1v) is 8.99. The highest BCUT2D eigenvalue weighted by atomic mass is 16.5. The molecule has 120 valence electrons. The summed E-state index contributed by atoms with van der Waals surface area (Å²) in [5.41, 5.74) is 0.920. The molecule has 0 bridgehead atoms. The Balaban J connectivity index is 1.94. The van der Waals surface area contributed by atoms with Crippen molar-refractivity contribution in [2.45, 2.75) is 90.8 Å². The monoisotopic (exact) mass is 290 g/mol. The molecular formula is C20H34O. The first-order chi connectivity index (χ1) is 9.65. The molecule has 2 aliphatic carbocycles. The lowest BCUT2D eigenvalue weighted by atomic mass is 9.44. The van der Waals surface area contributed by atoms with E-state index in [0.29, 0.717) is 10.8 Å². The van der Waals surface area contributed by atoms with E-state index < -0.39 is 0 Å². The van der Waals surface area contributed by atoms with E-state index in [0.717, 1.165) is 18.3 Å². The van der Waals surface area contributed by atoms with Gasteiger partial charge in [-0.1, -0.05) is 33.3 Å². The molecule has 1 heteroatoms. The predicted molar refractivity (Wildman–Crippen MR) is 89.3 cm³/mol. The Morgan fingerprint density at radius 1 is 0.905 bits per heavy atom. The topological polar surface area (TPSA) is 9.23 Å².